The van der Waals surface area contributed by atoms with Gasteiger partial charge in [-0.15, -0.1) is 10.2 Å². The molecule has 132 valence electrons. The van der Waals surface area contributed by atoms with Crippen molar-refractivity contribution in [2.45, 2.75) is 43.0 Å². The van der Waals surface area contributed by atoms with Crippen molar-refractivity contribution in [1.29, 1.82) is 0 Å². The minimum atomic E-state index is -0.192. The van der Waals surface area contributed by atoms with Crippen molar-refractivity contribution < 1.29 is 9.53 Å². The number of piperidine rings is 1. The molecular formula is C18H22N4O2S. The molecule has 0 saturated carbocycles. The first-order valence-corrected chi connectivity index (χ1v) is 9.71. The standard InChI is InChI=1S/C18H22N4O2S/c1-13-5-7-14(8-6-13)22-17(21-10-3-2-4-11-21)19-20-18(22)25-15-9-12-24-16(15)23/h5-8,15H,2-4,9-12H2,1H3/t15-/m1/s1. The van der Waals surface area contributed by atoms with Gasteiger partial charge in [-0.25, -0.2) is 0 Å². The van der Waals surface area contributed by atoms with Crippen LogP contribution in [-0.2, 0) is 9.53 Å². The predicted molar refractivity (Wildman–Crippen MR) is 97.4 cm³/mol. The second-order valence-electron chi connectivity index (χ2n) is 6.56. The van der Waals surface area contributed by atoms with Crippen LogP contribution in [0.1, 0.15) is 31.2 Å². The lowest BCUT2D eigenvalue weighted by Crippen LogP contribution is -2.31. The number of hydrogen-bond donors (Lipinski definition) is 0. The maximum absolute atomic E-state index is 11.9. The Kier molecular flexibility index (Phi) is 4.65. The molecule has 2 saturated heterocycles. The van der Waals surface area contributed by atoms with Crippen LogP contribution in [0.25, 0.3) is 5.69 Å². The molecule has 2 aromatic rings. The van der Waals surface area contributed by atoms with E-state index in [-0.39, 0.29) is 11.2 Å². The molecule has 4 rings (SSSR count). The monoisotopic (exact) mass is 358 g/mol. The summed E-state index contributed by atoms with van der Waals surface area (Å²) in [6, 6.07) is 8.35. The van der Waals surface area contributed by atoms with Crippen LogP contribution in [-0.4, -0.2) is 45.7 Å². The second kappa shape index (κ2) is 7.07. The van der Waals surface area contributed by atoms with Crippen molar-refractivity contribution in [3.8, 4) is 5.69 Å². The number of thioether (sulfide) groups is 1. The van der Waals surface area contributed by atoms with E-state index in [9.17, 15) is 4.79 Å². The normalized spacial score (nSPS) is 20.8. The number of ether oxygens (including phenoxy) is 1. The molecule has 25 heavy (non-hydrogen) atoms. The van der Waals surface area contributed by atoms with Gasteiger partial charge in [0.2, 0.25) is 5.95 Å². The molecular weight excluding hydrogens is 336 g/mol. The average molecular weight is 358 g/mol. The van der Waals surface area contributed by atoms with E-state index in [0.29, 0.717) is 6.61 Å². The minimum Gasteiger partial charge on any atom is -0.465 e. The van der Waals surface area contributed by atoms with Gasteiger partial charge in [0.1, 0.15) is 5.25 Å². The largest absolute Gasteiger partial charge is 0.465 e. The van der Waals surface area contributed by atoms with Gasteiger partial charge in [0, 0.05) is 19.5 Å². The number of rotatable bonds is 4. The van der Waals surface area contributed by atoms with E-state index in [1.54, 1.807) is 0 Å². The molecule has 3 heterocycles. The average Bonchev–Trinajstić information content (AvgIpc) is 3.24. The number of anilines is 1. The van der Waals surface area contributed by atoms with Crippen LogP contribution in [0.2, 0.25) is 0 Å². The molecule has 0 amide bonds. The molecule has 0 spiro atoms. The molecule has 0 N–H and O–H groups in total. The zero-order valence-corrected chi connectivity index (χ0v) is 15.2. The van der Waals surface area contributed by atoms with Gasteiger partial charge in [-0.05, 0) is 38.3 Å². The van der Waals surface area contributed by atoms with Gasteiger partial charge in [0.25, 0.3) is 0 Å². The molecule has 1 atom stereocenters. The van der Waals surface area contributed by atoms with Crippen LogP contribution in [0, 0.1) is 6.92 Å². The maximum atomic E-state index is 11.9. The van der Waals surface area contributed by atoms with Crippen LogP contribution < -0.4 is 4.90 Å². The summed E-state index contributed by atoms with van der Waals surface area (Å²) >= 11 is 1.46. The lowest BCUT2D eigenvalue weighted by Gasteiger charge is -2.28. The van der Waals surface area contributed by atoms with E-state index in [1.807, 2.05) is 0 Å². The van der Waals surface area contributed by atoms with Crippen LogP contribution in [0.3, 0.4) is 0 Å². The van der Waals surface area contributed by atoms with E-state index in [4.69, 9.17) is 4.74 Å². The molecule has 0 bridgehead atoms. The summed E-state index contributed by atoms with van der Waals surface area (Å²) in [7, 11) is 0. The van der Waals surface area contributed by atoms with Crippen molar-refractivity contribution in [1.82, 2.24) is 14.8 Å². The van der Waals surface area contributed by atoms with Gasteiger partial charge < -0.3 is 9.64 Å². The number of nitrogens with zero attached hydrogens (tertiary/aromatic N) is 4. The van der Waals surface area contributed by atoms with Crippen LogP contribution in [0.5, 0.6) is 0 Å². The zero-order chi connectivity index (χ0) is 17.2. The van der Waals surface area contributed by atoms with Gasteiger partial charge in [0.15, 0.2) is 5.16 Å². The fourth-order valence-corrected chi connectivity index (χ4v) is 4.28. The van der Waals surface area contributed by atoms with Gasteiger partial charge in [-0.2, -0.15) is 0 Å². The van der Waals surface area contributed by atoms with E-state index < -0.39 is 0 Å². The van der Waals surface area contributed by atoms with Gasteiger partial charge in [-0.1, -0.05) is 29.5 Å². The first-order valence-electron chi connectivity index (χ1n) is 8.83. The van der Waals surface area contributed by atoms with Crippen molar-refractivity contribution >= 4 is 23.7 Å². The maximum Gasteiger partial charge on any atom is 0.319 e. The highest BCUT2D eigenvalue weighted by molar-refractivity contribution is 8.00. The lowest BCUT2D eigenvalue weighted by atomic mass is 10.1. The predicted octanol–water partition coefficient (Wildman–Crippen LogP) is 2.97. The van der Waals surface area contributed by atoms with Crippen molar-refractivity contribution in [2.75, 3.05) is 24.6 Å². The second-order valence-corrected chi connectivity index (χ2v) is 7.73. The summed E-state index contributed by atoms with van der Waals surface area (Å²) in [6.45, 7) is 4.57. The molecule has 1 aromatic heterocycles. The Balaban J connectivity index is 1.71. The molecule has 6 nitrogen and oxygen atoms in total. The van der Waals surface area contributed by atoms with Gasteiger partial charge in [-0.3, -0.25) is 9.36 Å². The summed E-state index contributed by atoms with van der Waals surface area (Å²) in [5.74, 6) is 0.723. The molecule has 2 aliphatic heterocycles. The van der Waals surface area contributed by atoms with Crippen molar-refractivity contribution in [3.05, 3.63) is 29.8 Å². The summed E-state index contributed by atoms with van der Waals surface area (Å²) in [6.07, 6.45) is 4.35. The Morgan fingerprint density at radius 3 is 2.56 bits per heavy atom. The highest BCUT2D eigenvalue weighted by atomic mass is 32.2. The van der Waals surface area contributed by atoms with E-state index >= 15 is 0 Å². The quantitative estimate of drug-likeness (QED) is 0.783. The number of carbonyl (C=O) groups excluding carboxylic acids is 1. The minimum absolute atomic E-state index is 0.150. The van der Waals surface area contributed by atoms with Crippen molar-refractivity contribution in [2.24, 2.45) is 0 Å². The molecule has 0 aliphatic carbocycles. The first-order chi connectivity index (χ1) is 12.2. The number of hydrogen-bond acceptors (Lipinski definition) is 6. The highest BCUT2D eigenvalue weighted by Gasteiger charge is 2.31. The summed E-state index contributed by atoms with van der Waals surface area (Å²) in [4.78, 5) is 14.2. The Labute approximate surface area is 151 Å². The Bertz CT molecular complexity index is 753. The van der Waals surface area contributed by atoms with Crippen LogP contribution in [0.15, 0.2) is 29.4 Å². The third-order valence-corrected chi connectivity index (χ3v) is 5.87. The van der Waals surface area contributed by atoms with Gasteiger partial charge in [0.05, 0.1) is 12.3 Å². The highest BCUT2D eigenvalue weighted by Crippen LogP contribution is 2.33. The molecule has 1 aromatic carbocycles. The molecule has 0 radical (unpaired) electrons. The number of carbonyl (C=O) groups is 1. The summed E-state index contributed by atoms with van der Waals surface area (Å²) in [5.41, 5.74) is 2.25. The number of cyclic esters (lactones) is 1. The fraction of sp³-hybridized carbons (Fsp3) is 0.500. The number of aromatic nitrogens is 3. The lowest BCUT2D eigenvalue weighted by molar-refractivity contribution is -0.137. The molecule has 7 heteroatoms. The smallest absolute Gasteiger partial charge is 0.319 e. The number of aryl methyl sites for hydroxylation is 1. The SMILES string of the molecule is Cc1ccc(-n2c(S[C@@H]3CCOC3=O)nnc2N2CCCCC2)cc1. The van der Waals surface area contributed by atoms with Gasteiger partial charge >= 0.3 is 5.97 Å². The zero-order valence-electron chi connectivity index (χ0n) is 14.4. The Hall–Kier alpha value is -2.02. The molecule has 0 unspecified atom stereocenters. The van der Waals surface area contributed by atoms with E-state index in [1.165, 1.54) is 36.6 Å². The summed E-state index contributed by atoms with van der Waals surface area (Å²) < 4.78 is 7.18. The Morgan fingerprint density at radius 2 is 1.88 bits per heavy atom. The van der Waals surface area contributed by atoms with Crippen LogP contribution in [0.4, 0.5) is 5.95 Å². The van der Waals surface area contributed by atoms with E-state index in [2.05, 4.69) is 50.9 Å². The molecule has 2 fully saturated rings. The topological polar surface area (TPSA) is 60.3 Å². The number of esters is 1. The van der Waals surface area contributed by atoms with Crippen LogP contribution >= 0.6 is 11.8 Å². The first kappa shape index (κ1) is 16.4. The number of benzene rings is 1. The summed E-state index contributed by atoms with van der Waals surface area (Å²) in [5, 5.41) is 9.45. The Morgan fingerprint density at radius 1 is 1.12 bits per heavy atom. The van der Waals surface area contributed by atoms with Crippen molar-refractivity contribution in [3.63, 3.8) is 0 Å². The third kappa shape index (κ3) is 3.38. The fourth-order valence-electron chi connectivity index (χ4n) is 3.27. The van der Waals surface area contributed by atoms with E-state index in [0.717, 1.165) is 36.3 Å². The third-order valence-electron chi connectivity index (χ3n) is 4.68. The molecule has 2 aliphatic rings.